The Balaban J connectivity index is 2.58. The van der Waals surface area contributed by atoms with Crippen molar-refractivity contribution in [3.63, 3.8) is 0 Å². The minimum atomic E-state index is -3.99. The minimum Gasteiger partial charge on any atom is -0.358 e. The Morgan fingerprint density at radius 3 is 2.33 bits per heavy atom. The number of sulfonamides is 1. The molecule has 1 fully saturated rings. The van der Waals surface area contributed by atoms with Gasteiger partial charge in [0.15, 0.2) is 0 Å². The molecule has 0 saturated carbocycles. The van der Waals surface area contributed by atoms with Crippen molar-refractivity contribution >= 4 is 21.4 Å². The predicted molar refractivity (Wildman–Crippen MR) is 92.6 cm³/mol. The first kappa shape index (κ1) is 18.6. The first-order valence-corrected chi connectivity index (χ1v) is 9.38. The molecule has 0 amide bonds. The van der Waals surface area contributed by atoms with E-state index in [1.54, 1.807) is 0 Å². The zero-order valence-corrected chi connectivity index (χ0v) is 15.0. The second-order valence-electron chi connectivity index (χ2n) is 6.97. The van der Waals surface area contributed by atoms with Gasteiger partial charge >= 0.3 is 0 Å². The van der Waals surface area contributed by atoms with Crippen molar-refractivity contribution in [3.05, 3.63) is 28.3 Å². The second kappa shape index (κ2) is 6.66. The third kappa shape index (κ3) is 4.03. The lowest BCUT2D eigenvalue weighted by Gasteiger charge is -2.45. The molecule has 0 aromatic heterocycles. The van der Waals surface area contributed by atoms with Crippen LogP contribution < -0.4 is 15.4 Å². The number of hydrogen-bond donors (Lipinski definition) is 2. The Morgan fingerprint density at radius 2 is 1.88 bits per heavy atom. The molecule has 1 aliphatic rings. The summed E-state index contributed by atoms with van der Waals surface area (Å²) in [7, 11) is -3.99. The van der Waals surface area contributed by atoms with E-state index >= 15 is 0 Å². The lowest BCUT2D eigenvalue weighted by atomic mass is 9.95. The summed E-state index contributed by atoms with van der Waals surface area (Å²) >= 11 is 0. The highest BCUT2D eigenvalue weighted by Crippen LogP contribution is 2.37. The van der Waals surface area contributed by atoms with Crippen LogP contribution in [0.2, 0.25) is 0 Å². The summed E-state index contributed by atoms with van der Waals surface area (Å²) < 4.78 is 23.0. The molecule has 134 valence electrons. The van der Waals surface area contributed by atoms with Gasteiger partial charge in [-0.2, -0.15) is 0 Å². The van der Waals surface area contributed by atoms with Gasteiger partial charge in [0.2, 0.25) is 10.0 Å². The second-order valence-corrected chi connectivity index (χ2v) is 8.54. The summed E-state index contributed by atoms with van der Waals surface area (Å²) in [5.74, 6) is 0. The molecule has 8 nitrogen and oxygen atoms in total. The number of nitrogens with zero attached hydrogens (tertiary/aromatic N) is 2. The van der Waals surface area contributed by atoms with Crippen LogP contribution in [0, 0.1) is 10.1 Å². The Hall–Kier alpha value is -1.71. The molecule has 0 unspecified atom stereocenters. The van der Waals surface area contributed by atoms with Crippen LogP contribution in [-0.4, -0.2) is 38.0 Å². The van der Waals surface area contributed by atoms with Gasteiger partial charge in [0.05, 0.1) is 9.82 Å². The fraction of sp³-hybridized carbons (Fsp3) is 0.600. The van der Waals surface area contributed by atoms with E-state index in [2.05, 4.69) is 5.32 Å². The molecule has 1 aliphatic heterocycles. The van der Waals surface area contributed by atoms with Crippen LogP contribution in [0.25, 0.3) is 0 Å². The first-order valence-electron chi connectivity index (χ1n) is 7.83. The Labute approximate surface area is 142 Å². The number of rotatable bonds is 4. The van der Waals surface area contributed by atoms with Crippen LogP contribution in [0.1, 0.15) is 33.6 Å². The van der Waals surface area contributed by atoms with Crippen LogP contribution in [0.5, 0.6) is 0 Å². The van der Waals surface area contributed by atoms with Crippen molar-refractivity contribution in [3.8, 4) is 0 Å². The number of piperidine rings is 1. The van der Waals surface area contributed by atoms with Crippen LogP contribution in [0.3, 0.4) is 0 Å². The monoisotopic (exact) mass is 356 g/mol. The fourth-order valence-corrected chi connectivity index (χ4v) is 3.73. The van der Waals surface area contributed by atoms with Crippen LogP contribution in [-0.2, 0) is 10.0 Å². The summed E-state index contributed by atoms with van der Waals surface area (Å²) in [5, 5.41) is 19.9. The molecule has 1 heterocycles. The van der Waals surface area contributed by atoms with E-state index in [0.29, 0.717) is 5.69 Å². The smallest absolute Gasteiger partial charge is 0.293 e. The van der Waals surface area contributed by atoms with Crippen molar-refractivity contribution < 1.29 is 13.3 Å². The van der Waals surface area contributed by atoms with Gasteiger partial charge in [-0.05, 0) is 58.8 Å². The summed E-state index contributed by atoms with van der Waals surface area (Å²) in [5.41, 5.74) is -0.169. The fourth-order valence-electron chi connectivity index (χ4n) is 3.20. The summed E-state index contributed by atoms with van der Waals surface area (Å²) in [6.07, 6.45) is 1.73. The normalized spacial score (nSPS) is 16.8. The molecule has 0 atom stereocenters. The maximum atomic E-state index is 11.5. The van der Waals surface area contributed by atoms with E-state index in [4.69, 9.17) is 5.14 Å². The summed E-state index contributed by atoms with van der Waals surface area (Å²) in [6.45, 7) is 7.67. The summed E-state index contributed by atoms with van der Waals surface area (Å²) in [6, 6.07) is 4.01. The van der Waals surface area contributed by atoms with Crippen molar-refractivity contribution in [2.45, 2.75) is 50.1 Å². The maximum Gasteiger partial charge on any atom is 0.293 e. The third-order valence-corrected chi connectivity index (χ3v) is 5.04. The van der Waals surface area contributed by atoms with Gasteiger partial charge < -0.3 is 10.2 Å². The Kier molecular flexibility index (Phi) is 5.17. The van der Waals surface area contributed by atoms with Crippen molar-refractivity contribution in [1.29, 1.82) is 0 Å². The van der Waals surface area contributed by atoms with E-state index in [-0.39, 0.29) is 22.2 Å². The molecule has 24 heavy (non-hydrogen) atoms. The van der Waals surface area contributed by atoms with E-state index in [9.17, 15) is 18.5 Å². The minimum absolute atomic E-state index is 0.144. The number of hydrogen-bond acceptors (Lipinski definition) is 6. The zero-order chi connectivity index (χ0) is 18.1. The molecule has 0 bridgehead atoms. The molecule has 3 N–H and O–H groups in total. The zero-order valence-electron chi connectivity index (χ0n) is 14.2. The Bertz CT molecular complexity index is 721. The molecular formula is C15H24N4O4S. The van der Waals surface area contributed by atoms with Crippen LogP contribution in [0.15, 0.2) is 23.1 Å². The van der Waals surface area contributed by atoms with Gasteiger partial charge in [-0.15, -0.1) is 0 Å². The number of nitrogens with one attached hydrogen (secondary N) is 1. The number of benzene rings is 1. The van der Waals surface area contributed by atoms with Gasteiger partial charge in [-0.1, -0.05) is 0 Å². The van der Waals surface area contributed by atoms with Gasteiger partial charge in [0.1, 0.15) is 5.69 Å². The molecule has 1 aromatic rings. The van der Waals surface area contributed by atoms with Gasteiger partial charge in [0.25, 0.3) is 5.69 Å². The topological polar surface area (TPSA) is 119 Å². The molecule has 1 saturated heterocycles. The number of nitrogens with two attached hydrogens (primary N) is 1. The SMILES string of the molecule is CC(C)(C)N(c1ccc(S(N)(=O)=O)cc1[N+](=O)[O-])C1CCNCC1. The lowest BCUT2D eigenvalue weighted by molar-refractivity contribution is -0.384. The van der Waals surface area contributed by atoms with Gasteiger partial charge in [-0.25, -0.2) is 13.6 Å². The highest BCUT2D eigenvalue weighted by Gasteiger charge is 2.34. The highest BCUT2D eigenvalue weighted by molar-refractivity contribution is 7.89. The third-order valence-electron chi connectivity index (χ3n) is 4.13. The predicted octanol–water partition coefficient (Wildman–Crippen LogP) is 1.60. The Morgan fingerprint density at radius 1 is 1.29 bits per heavy atom. The number of primary sulfonamides is 1. The van der Waals surface area contributed by atoms with Crippen LogP contribution in [0.4, 0.5) is 11.4 Å². The highest BCUT2D eigenvalue weighted by atomic mass is 32.2. The molecule has 0 spiro atoms. The van der Waals surface area contributed by atoms with Gasteiger partial charge in [-0.3, -0.25) is 10.1 Å². The molecule has 1 aromatic carbocycles. The molecule has 2 rings (SSSR count). The molecule has 9 heteroatoms. The van der Waals surface area contributed by atoms with E-state index in [1.165, 1.54) is 12.1 Å². The number of nitro groups is 1. The first-order chi connectivity index (χ1) is 11.0. The van der Waals surface area contributed by atoms with E-state index in [1.807, 2.05) is 25.7 Å². The van der Waals surface area contributed by atoms with Crippen molar-refractivity contribution in [2.24, 2.45) is 5.14 Å². The maximum absolute atomic E-state index is 11.5. The largest absolute Gasteiger partial charge is 0.358 e. The van der Waals surface area contributed by atoms with E-state index in [0.717, 1.165) is 32.0 Å². The average Bonchev–Trinajstić information content (AvgIpc) is 2.46. The average molecular weight is 356 g/mol. The molecule has 0 aliphatic carbocycles. The lowest BCUT2D eigenvalue weighted by Crippen LogP contribution is -2.52. The van der Waals surface area contributed by atoms with Gasteiger partial charge in [0, 0.05) is 17.6 Å². The van der Waals surface area contributed by atoms with E-state index < -0.39 is 14.9 Å². The molecular weight excluding hydrogens is 332 g/mol. The van der Waals surface area contributed by atoms with Crippen LogP contribution >= 0.6 is 0 Å². The summed E-state index contributed by atoms with van der Waals surface area (Å²) in [4.78, 5) is 12.8. The number of anilines is 1. The van der Waals surface area contributed by atoms with Crippen molar-refractivity contribution in [1.82, 2.24) is 5.32 Å². The standard InChI is InChI=1S/C15H24N4O4S/c1-15(2,3)18(11-6-8-17-9-7-11)13-5-4-12(24(16,22)23)10-14(13)19(20)21/h4-5,10-11,17H,6-9H2,1-3H3,(H2,16,22,23). The molecule has 0 radical (unpaired) electrons. The quantitative estimate of drug-likeness (QED) is 0.625. The van der Waals surface area contributed by atoms with Crippen molar-refractivity contribution in [2.75, 3.05) is 18.0 Å². The number of nitro benzene ring substituents is 1.